The van der Waals surface area contributed by atoms with Crippen LogP contribution in [-0.2, 0) is 30.3 Å². The lowest BCUT2D eigenvalue weighted by atomic mass is 9.99. The summed E-state index contributed by atoms with van der Waals surface area (Å²) in [6.45, 7) is 6.93. The average molecular weight is 415 g/mol. The van der Waals surface area contributed by atoms with Crippen LogP contribution in [0.1, 0.15) is 32.8 Å². The van der Waals surface area contributed by atoms with Gasteiger partial charge >= 0.3 is 0 Å². The second kappa shape index (κ2) is 8.46. The number of rotatable bonds is 7. The highest BCUT2D eigenvalue weighted by molar-refractivity contribution is 9.09. The third-order valence-corrected chi connectivity index (χ3v) is 4.97. The van der Waals surface area contributed by atoms with Crippen molar-refractivity contribution in [3.05, 3.63) is 35.9 Å². The predicted octanol–water partition coefficient (Wildman–Crippen LogP) is 3.64. The lowest BCUT2D eigenvalue weighted by Gasteiger charge is -2.40. The Morgan fingerprint density at radius 3 is 2.52 bits per heavy atom. The molecule has 1 unspecified atom stereocenters. The maximum absolute atomic E-state index is 6.20. The fraction of sp³-hybridized carbons (Fsp3) is 0.684. The van der Waals surface area contributed by atoms with Gasteiger partial charge in [0.2, 0.25) is 0 Å². The molecule has 0 bridgehead atoms. The molecule has 2 fully saturated rings. The van der Waals surface area contributed by atoms with Crippen LogP contribution in [-0.4, -0.2) is 48.4 Å². The van der Waals surface area contributed by atoms with E-state index in [1.165, 1.54) is 0 Å². The Kier molecular flexibility index (Phi) is 6.52. The molecule has 0 saturated carbocycles. The van der Waals surface area contributed by atoms with Gasteiger partial charge in [-0.15, -0.1) is 0 Å². The van der Waals surface area contributed by atoms with Crippen molar-refractivity contribution in [2.45, 2.75) is 70.3 Å². The number of hydrogen-bond donors (Lipinski definition) is 0. The SMILES string of the molecule is C[C@@H]1OC(OCCCBr)[C@@H](OCc2ccccc2)[C@@H]2OC(C)(C)O[C@@H]21. The van der Waals surface area contributed by atoms with Gasteiger partial charge in [0.1, 0.15) is 18.3 Å². The molecule has 25 heavy (non-hydrogen) atoms. The maximum Gasteiger partial charge on any atom is 0.186 e. The maximum atomic E-state index is 6.20. The first kappa shape index (κ1) is 19.3. The quantitative estimate of drug-likeness (QED) is 0.503. The van der Waals surface area contributed by atoms with Crippen molar-refractivity contribution in [3.8, 4) is 0 Å². The van der Waals surface area contributed by atoms with Crippen LogP contribution in [0.15, 0.2) is 30.3 Å². The van der Waals surface area contributed by atoms with Crippen molar-refractivity contribution in [1.82, 2.24) is 0 Å². The van der Waals surface area contributed by atoms with Gasteiger partial charge in [0.25, 0.3) is 0 Å². The van der Waals surface area contributed by atoms with Crippen molar-refractivity contribution >= 4 is 15.9 Å². The monoisotopic (exact) mass is 414 g/mol. The van der Waals surface area contributed by atoms with E-state index in [0.29, 0.717) is 13.2 Å². The second-order valence-corrected chi connectivity index (χ2v) is 7.74. The molecule has 2 aliphatic rings. The summed E-state index contributed by atoms with van der Waals surface area (Å²) in [5, 5.41) is 0.892. The highest BCUT2D eigenvalue weighted by atomic mass is 79.9. The van der Waals surface area contributed by atoms with Gasteiger partial charge in [-0.1, -0.05) is 46.3 Å². The van der Waals surface area contributed by atoms with Crippen LogP contribution in [0.3, 0.4) is 0 Å². The summed E-state index contributed by atoms with van der Waals surface area (Å²) in [7, 11) is 0. The van der Waals surface area contributed by atoms with Crippen molar-refractivity contribution in [1.29, 1.82) is 0 Å². The molecule has 140 valence electrons. The van der Waals surface area contributed by atoms with Gasteiger partial charge in [-0.05, 0) is 32.8 Å². The van der Waals surface area contributed by atoms with E-state index in [1.54, 1.807) is 0 Å². The Bertz CT molecular complexity index is 538. The molecular weight excluding hydrogens is 388 g/mol. The highest BCUT2D eigenvalue weighted by Crippen LogP contribution is 2.39. The zero-order chi connectivity index (χ0) is 17.9. The molecule has 0 amide bonds. The molecule has 0 N–H and O–H groups in total. The molecule has 0 aromatic heterocycles. The van der Waals surface area contributed by atoms with Gasteiger partial charge in [-0.3, -0.25) is 0 Å². The van der Waals surface area contributed by atoms with Crippen molar-refractivity contribution < 1.29 is 23.7 Å². The Hall–Kier alpha value is -0.500. The molecule has 1 aromatic rings. The van der Waals surface area contributed by atoms with Crippen molar-refractivity contribution in [2.24, 2.45) is 0 Å². The zero-order valence-electron chi connectivity index (χ0n) is 15.0. The van der Waals surface area contributed by atoms with Crippen LogP contribution in [0.2, 0.25) is 0 Å². The standard InChI is InChI=1S/C19H27BrO5/c1-13-15-16(25-19(2,3)24-15)17(18(23-13)21-11-7-10-20)22-12-14-8-5-4-6-9-14/h4-6,8-9,13,15-18H,7,10-12H2,1-3H3/t13-,15+,16+,17-,18?/m0/s1. The third-order valence-electron chi connectivity index (χ3n) is 4.41. The largest absolute Gasteiger partial charge is 0.365 e. The average Bonchev–Trinajstić information content (AvgIpc) is 2.91. The van der Waals surface area contributed by atoms with E-state index >= 15 is 0 Å². The van der Waals surface area contributed by atoms with E-state index in [0.717, 1.165) is 17.3 Å². The van der Waals surface area contributed by atoms with Crippen LogP contribution in [0.4, 0.5) is 0 Å². The molecule has 2 aliphatic heterocycles. The summed E-state index contributed by atoms with van der Waals surface area (Å²) in [6.07, 6.45) is -0.369. The van der Waals surface area contributed by atoms with Crippen LogP contribution in [0.5, 0.6) is 0 Å². The number of halogens is 1. The Morgan fingerprint density at radius 1 is 1.08 bits per heavy atom. The van der Waals surface area contributed by atoms with E-state index < -0.39 is 12.1 Å². The van der Waals surface area contributed by atoms with Crippen LogP contribution in [0.25, 0.3) is 0 Å². The van der Waals surface area contributed by atoms with Gasteiger partial charge in [0, 0.05) is 5.33 Å². The van der Waals surface area contributed by atoms with E-state index in [9.17, 15) is 0 Å². The van der Waals surface area contributed by atoms with Crippen LogP contribution >= 0.6 is 15.9 Å². The van der Waals surface area contributed by atoms with E-state index in [4.69, 9.17) is 23.7 Å². The number of fused-ring (bicyclic) bond motifs is 1. The molecule has 2 heterocycles. The molecule has 2 saturated heterocycles. The minimum absolute atomic E-state index is 0.114. The van der Waals surface area contributed by atoms with Crippen LogP contribution in [0, 0.1) is 0 Å². The lowest BCUT2D eigenvalue weighted by Crippen LogP contribution is -2.57. The number of hydrogen-bond acceptors (Lipinski definition) is 5. The van der Waals surface area contributed by atoms with Gasteiger partial charge in [0.15, 0.2) is 12.1 Å². The second-order valence-electron chi connectivity index (χ2n) is 6.95. The topological polar surface area (TPSA) is 46.2 Å². The Balaban J connectivity index is 1.72. The van der Waals surface area contributed by atoms with Gasteiger partial charge < -0.3 is 23.7 Å². The minimum atomic E-state index is -0.647. The van der Waals surface area contributed by atoms with Gasteiger partial charge in [0.05, 0.1) is 19.3 Å². The molecule has 6 heteroatoms. The first-order valence-electron chi connectivity index (χ1n) is 8.84. The first-order chi connectivity index (χ1) is 12.0. The molecule has 3 rings (SSSR count). The summed E-state index contributed by atoms with van der Waals surface area (Å²) in [5.41, 5.74) is 1.11. The first-order valence-corrected chi connectivity index (χ1v) is 9.96. The molecule has 0 radical (unpaired) electrons. The molecule has 0 aliphatic carbocycles. The fourth-order valence-electron chi connectivity index (χ4n) is 3.28. The summed E-state index contributed by atoms with van der Waals surface area (Å²) in [5.74, 6) is -0.647. The van der Waals surface area contributed by atoms with E-state index in [1.807, 2.05) is 51.1 Å². The van der Waals surface area contributed by atoms with Crippen LogP contribution < -0.4 is 0 Å². The molecule has 5 nitrogen and oxygen atoms in total. The Morgan fingerprint density at radius 2 is 1.80 bits per heavy atom. The predicted molar refractivity (Wildman–Crippen MR) is 97.5 cm³/mol. The highest BCUT2D eigenvalue weighted by Gasteiger charge is 2.54. The lowest BCUT2D eigenvalue weighted by molar-refractivity contribution is -0.286. The number of alkyl halides is 1. The zero-order valence-corrected chi connectivity index (χ0v) is 16.6. The summed E-state index contributed by atoms with van der Waals surface area (Å²) < 4.78 is 30.4. The summed E-state index contributed by atoms with van der Waals surface area (Å²) in [6, 6.07) is 10.1. The Labute approximate surface area is 158 Å². The molecule has 0 spiro atoms. The molecule has 1 aromatic carbocycles. The smallest absolute Gasteiger partial charge is 0.186 e. The minimum Gasteiger partial charge on any atom is -0.365 e. The van der Waals surface area contributed by atoms with Crippen molar-refractivity contribution in [3.63, 3.8) is 0 Å². The summed E-state index contributed by atoms with van der Waals surface area (Å²) >= 11 is 3.43. The number of ether oxygens (including phenoxy) is 5. The van der Waals surface area contributed by atoms with Gasteiger partial charge in [-0.2, -0.15) is 0 Å². The summed E-state index contributed by atoms with van der Waals surface area (Å²) in [4.78, 5) is 0. The molecule has 5 atom stereocenters. The third kappa shape index (κ3) is 4.81. The fourth-order valence-corrected chi connectivity index (χ4v) is 3.51. The van der Waals surface area contributed by atoms with Crippen molar-refractivity contribution in [2.75, 3.05) is 11.9 Å². The van der Waals surface area contributed by atoms with Gasteiger partial charge in [-0.25, -0.2) is 0 Å². The van der Waals surface area contributed by atoms with E-state index in [2.05, 4.69) is 15.9 Å². The number of benzene rings is 1. The normalized spacial score (nSPS) is 34.0. The van der Waals surface area contributed by atoms with E-state index in [-0.39, 0.29) is 24.4 Å². The molecular formula is C19H27BrO5.